The van der Waals surface area contributed by atoms with Crippen LogP contribution in [0.15, 0.2) is 78.9 Å². The standard InChI is InChI=1S/C63H98Si/c1-7-13-19-25-33-52-43-53(34-26-20-14-8-2)47-59(46-52)64(63-42-41-58-39-31-32-40-62(58)63,60-48-54(35-27-21-15-9-3)44-55(49-60)36-28-22-16-10-4)61-50-56(37-29-23-17-11-5)45-57(51-61)38-30-24-18-12-6/h31-32,39-40,43-51,58,62-63H,7-30,33-38,41-42H2,1-6H3. The third-order valence-corrected chi connectivity index (χ3v) is 21.0. The molecular weight excluding hydrogens is 785 g/mol. The lowest BCUT2D eigenvalue weighted by atomic mass is 9.92. The summed E-state index contributed by atoms with van der Waals surface area (Å²) in [4.78, 5) is 0. The molecule has 3 aromatic carbocycles. The molecule has 0 amide bonds. The van der Waals surface area contributed by atoms with E-state index in [2.05, 4.69) is 120 Å². The molecular formula is C63H98Si. The number of rotatable bonds is 34. The Balaban J connectivity index is 1.85. The summed E-state index contributed by atoms with van der Waals surface area (Å²) in [5, 5.41) is 5.29. The minimum Gasteiger partial charge on any atom is -0.0808 e. The number of fused-ring (bicyclic) bond motifs is 1. The zero-order valence-corrected chi connectivity index (χ0v) is 43.9. The van der Waals surface area contributed by atoms with Crippen LogP contribution in [0.1, 0.15) is 242 Å². The Morgan fingerprint density at radius 3 is 0.891 bits per heavy atom. The summed E-state index contributed by atoms with van der Waals surface area (Å²) in [6.45, 7) is 14.2. The SMILES string of the molecule is CCCCCCc1cc(CCCCCC)cc([Si](c2cc(CCCCCC)cc(CCCCCC)c2)(c2cc(CCCCCC)cc(CCCCCC)c2)C2CCC3C=CC=CC32)c1. The first-order valence-electron chi connectivity index (χ1n) is 28.2. The first-order chi connectivity index (χ1) is 31.5. The fourth-order valence-corrected chi connectivity index (χ4v) is 18.3. The van der Waals surface area contributed by atoms with Crippen LogP contribution < -0.4 is 15.6 Å². The van der Waals surface area contributed by atoms with Crippen LogP contribution >= 0.6 is 0 Å². The van der Waals surface area contributed by atoms with Gasteiger partial charge in [-0.3, -0.25) is 0 Å². The Morgan fingerprint density at radius 2 is 0.609 bits per heavy atom. The molecule has 0 radical (unpaired) electrons. The smallest absolute Gasteiger partial charge is 0.0808 e. The van der Waals surface area contributed by atoms with Gasteiger partial charge in [0.15, 0.2) is 8.07 Å². The van der Waals surface area contributed by atoms with E-state index in [4.69, 9.17) is 0 Å². The number of hydrogen-bond donors (Lipinski definition) is 0. The lowest BCUT2D eigenvalue weighted by Crippen LogP contribution is -2.71. The van der Waals surface area contributed by atoms with Gasteiger partial charge < -0.3 is 0 Å². The first kappa shape index (κ1) is 52.3. The summed E-state index contributed by atoms with van der Waals surface area (Å²) in [5.74, 6) is 1.25. The zero-order valence-electron chi connectivity index (χ0n) is 42.9. The Morgan fingerprint density at radius 1 is 0.328 bits per heavy atom. The molecule has 1 saturated carbocycles. The number of aryl methyl sites for hydroxylation is 6. The maximum Gasteiger partial charge on any atom is 0.151 e. The lowest BCUT2D eigenvalue weighted by molar-refractivity contribution is 0.548. The second-order valence-corrected chi connectivity index (χ2v) is 25.1. The molecule has 354 valence electrons. The van der Waals surface area contributed by atoms with Crippen LogP contribution in [-0.2, 0) is 38.5 Å². The topological polar surface area (TPSA) is 0 Å². The second kappa shape index (κ2) is 29.9. The third kappa shape index (κ3) is 15.7. The predicted molar refractivity (Wildman–Crippen MR) is 289 cm³/mol. The van der Waals surface area contributed by atoms with Crippen molar-refractivity contribution >= 4 is 23.6 Å². The van der Waals surface area contributed by atoms with Gasteiger partial charge in [0.05, 0.1) is 0 Å². The number of hydrogen-bond acceptors (Lipinski definition) is 0. The molecule has 0 N–H and O–H groups in total. The fourth-order valence-electron chi connectivity index (χ4n) is 12.0. The van der Waals surface area contributed by atoms with Crippen molar-refractivity contribution in [3.63, 3.8) is 0 Å². The quantitative estimate of drug-likeness (QED) is 0.0318. The summed E-state index contributed by atoms with van der Waals surface area (Å²) in [5.41, 5.74) is 10.4. The number of unbranched alkanes of at least 4 members (excludes halogenated alkanes) is 18. The molecule has 0 aromatic heterocycles. The van der Waals surface area contributed by atoms with Crippen molar-refractivity contribution in [2.45, 2.75) is 253 Å². The van der Waals surface area contributed by atoms with Crippen LogP contribution in [0.4, 0.5) is 0 Å². The van der Waals surface area contributed by atoms with E-state index in [0.717, 1.165) is 0 Å². The molecule has 0 heterocycles. The van der Waals surface area contributed by atoms with Crippen molar-refractivity contribution in [3.05, 3.63) is 112 Å². The summed E-state index contributed by atoms with van der Waals surface area (Å²) < 4.78 is 0. The van der Waals surface area contributed by atoms with E-state index in [0.29, 0.717) is 17.4 Å². The van der Waals surface area contributed by atoms with Crippen molar-refractivity contribution in [1.29, 1.82) is 0 Å². The van der Waals surface area contributed by atoms with Crippen molar-refractivity contribution in [1.82, 2.24) is 0 Å². The molecule has 0 bridgehead atoms. The van der Waals surface area contributed by atoms with Crippen LogP contribution in [0, 0.1) is 11.8 Å². The summed E-state index contributed by atoms with van der Waals surface area (Å²) in [6.07, 6.45) is 52.0. The van der Waals surface area contributed by atoms with Gasteiger partial charge in [0, 0.05) is 0 Å². The average Bonchev–Trinajstić information content (AvgIpc) is 3.74. The van der Waals surface area contributed by atoms with Gasteiger partial charge >= 0.3 is 0 Å². The van der Waals surface area contributed by atoms with Crippen molar-refractivity contribution in [3.8, 4) is 0 Å². The van der Waals surface area contributed by atoms with Gasteiger partial charge in [0.2, 0.25) is 0 Å². The van der Waals surface area contributed by atoms with Gasteiger partial charge in [-0.25, -0.2) is 0 Å². The molecule has 64 heavy (non-hydrogen) atoms. The molecule has 0 aliphatic heterocycles. The Bertz CT molecular complexity index is 1530. The highest BCUT2D eigenvalue weighted by Gasteiger charge is 2.53. The van der Waals surface area contributed by atoms with Gasteiger partial charge in [0.25, 0.3) is 0 Å². The molecule has 0 saturated heterocycles. The van der Waals surface area contributed by atoms with Crippen LogP contribution in [0.2, 0.25) is 5.54 Å². The highest BCUT2D eigenvalue weighted by atomic mass is 28.3. The minimum absolute atomic E-state index is 0.598. The van der Waals surface area contributed by atoms with E-state index in [1.165, 1.54) is 205 Å². The van der Waals surface area contributed by atoms with Crippen LogP contribution in [0.25, 0.3) is 0 Å². The summed E-state index contributed by atoms with van der Waals surface area (Å²) >= 11 is 0. The monoisotopic (exact) mass is 883 g/mol. The molecule has 3 aromatic rings. The molecule has 0 spiro atoms. The largest absolute Gasteiger partial charge is 0.151 e. The fraction of sp³-hybridized carbons (Fsp3) is 0.651. The van der Waals surface area contributed by atoms with Crippen molar-refractivity contribution in [2.24, 2.45) is 11.8 Å². The number of benzene rings is 3. The maximum atomic E-state index is 2.85. The summed E-state index contributed by atoms with van der Waals surface area (Å²) in [7, 11) is -2.70. The van der Waals surface area contributed by atoms with Crippen LogP contribution in [0.3, 0.4) is 0 Å². The second-order valence-electron chi connectivity index (χ2n) is 21.0. The van der Waals surface area contributed by atoms with Gasteiger partial charge in [0.1, 0.15) is 0 Å². The van der Waals surface area contributed by atoms with Gasteiger partial charge in [-0.15, -0.1) is 0 Å². The van der Waals surface area contributed by atoms with Crippen molar-refractivity contribution in [2.75, 3.05) is 0 Å². The van der Waals surface area contributed by atoms with Crippen molar-refractivity contribution < 1.29 is 0 Å². The first-order valence-corrected chi connectivity index (χ1v) is 30.3. The number of allylic oxidation sites excluding steroid dienone is 4. The molecule has 5 rings (SSSR count). The Labute approximate surface area is 398 Å². The highest BCUT2D eigenvalue weighted by Crippen LogP contribution is 2.49. The minimum atomic E-state index is -2.70. The van der Waals surface area contributed by atoms with Gasteiger partial charge in [-0.1, -0.05) is 242 Å². The molecule has 3 atom stereocenters. The maximum absolute atomic E-state index is 2.85. The van der Waals surface area contributed by atoms with E-state index < -0.39 is 8.07 Å². The van der Waals surface area contributed by atoms with Crippen LogP contribution in [-0.4, -0.2) is 8.07 Å². The molecule has 1 fully saturated rings. The molecule has 1 heteroatoms. The highest BCUT2D eigenvalue weighted by molar-refractivity contribution is 7.12. The normalized spacial score (nSPS) is 17.1. The van der Waals surface area contributed by atoms with E-state index in [-0.39, 0.29) is 0 Å². The molecule has 3 unspecified atom stereocenters. The third-order valence-electron chi connectivity index (χ3n) is 15.6. The predicted octanol–water partition coefficient (Wildman–Crippen LogP) is 17.4. The molecule has 2 aliphatic carbocycles. The Kier molecular flexibility index (Phi) is 24.4. The lowest BCUT2D eigenvalue weighted by Gasteiger charge is -2.43. The molecule has 0 nitrogen and oxygen atoms in total. The van der Waals surface area contributed by atoms with E-state index in [1.54, 1.807) is 48.9 Å². The van der Waals surface area contributed by atoms with E-state index >= 15 is 0 Å². The summed E-state index contributed by atoms with van der Waals surface area (Å²) in [6, 6.07) is 25.2. The average molecular weight is 884 g/mol. The Hall–Kier alpha value is -2.64. The van der Waals surface area contributed by atoms with Crippen LogP contribution in [0.5, 0.6) is 0 Å². The molecule has 2 aliphatic rings. The zero-order chi connectivity index (χ0) is 45.2. The van der Waals surface area contributed by atoms with Gasteiger partial charge in [-0.05, 0) is 150 Å². The van der Waals surface area contributed by atoms with E-state index in [9.17, 15) is 0 Å². The van der Waals surface area contributed by atoms with Gasteiger partial charge in [-0.2, -0.15) is 0 Å². The van der Waals surface area contributed by atoms with E-state index in [1.807, 2.05) is 0 Å².